The van der Waals surface area contributed by atoms with Gasteiger partial charge in [0.15, 0.2) is 0 Å². The van der Waals surface area contributed by atoms with Crippen LogP contribution in [-0.4, -0.2) is 39.8 Å². The highest BCUT2D eigenvalue weighted by Crippen LogP contribution is 2.27. The fourth-order valence-corrected chi connectivity index (χ4v) is 2.75. The minimum atomic E-state index is -0.801. The second-order valence-electron chi connectivity index (χ2n) is 6.26. The SMILES string of the molecule is CC(C)(O)[C@H]1CCN(Cc2ccc(CC(=O)O)cc2)C1. The average molecular weight is 277 g/mol. The van der Waals surface area contributed by atoms with Crippen molar-refractivity contribution in [3.8, 4) is 0 Å². The van der Waals surface area contributed by atoms with E-state index >= 15 is 0 Å². The molecule has 110 valence electrons. The number of carbonyl (C=O) groups is 1. The summed E-state index contributed by atoms with van der Waals surface area (Å²) in [7, 11) is 0. The van der Waals surface area contributed by atoms with Crippen LogP contribution in [0.3, 0.4) is 0 Å². The Morgan fingerprint density at radius 2 is 1.90 bits per heavy atom. The smallest absolute Gasteiger partial charge is 0.307 e. The van der Waals surface area contributed by atoms with Crippen LogP contribution in [0.25, 0.3) is 0 Å². The Kier molecular flexibility index (Phi) is 4.45. The van der Waals surface area contributed by atoms with E-state index in [0.717, 1.165) is 31.6 Å². The van der Waals surface area contributed by atoms with E-state index in [9.17, 15) is 9.90 Å². The van der Waals surface area contributed by atoms with Crippen molar-refractivity contribution >= 4 is 5.97 Å². The number of benzene rings is 1. The van der Waals surface area contributed by atoms with Gasteiger partial charge in [-0.3, -0.25) is 9.69 Å². The number of aliphatic hydroxyl groups is 1. The molecule has 1 atom stereocenters. The topological polar surface area (TPSA) is 60.8 Å². The first kappa shape index (κ1) is 15.0. The maximum absolute atomic E-state index is 10.6. The molecular weight excluding hydrogens is 254 g/mol. The quantitative estimate of drug-likeness (QED) is 0.863. The number of hydrogen-bond donors (Lipinski definition) is 2. The number of carboxylic acids is 1. The number of carboxylic acid groups (broad SMARTS) is 1. The third-order valence-electron chi connectivity index (χ3n) is 4.06. The van der Waals surface area contributed by atoms with Crippen molar-refractivity contribution in [2.75, 3.05) is 13.1 Å². The summed E-state index contributed by atoms with van der Waals surface area (Å²) in [6, 6.07) is 7.76. The van der Waals surface area contributed by atoms with Gasteiger partial charge in [-0.05, 0) is 37.9 Å². The highest BCUT2D eigenvalue weighted by atomic mass is 16.4. The fraction of sp³-hybridized carbons (Fsp3) is 0.562. The third-order valence-corrected chi connectivity index (χ3v) is 4.06. The van der Waals surface area contributed by atoms with Gasteiger partial charge in [0.2, 0.25) is 0 Å². The molecule has 2 rings (SSSR count). The minimum Gasteiger partial charge on any atom is -0.481 e. The number of likely N-dealkylation sites (tertiary alicyclic amines) is 1. The Labute approximate surface area is 120 Å². The highest BCUT2D eigenvalue weighted by Gasteiger charge is 2.33. The lowest BCUT2D eigenvalue weighted by molar-refractivity contribution is -0.136. The number of nitrogens with zero attached hydrogens (tertiary/aromatic N) is 1. The number of rotatable bonds is 5. The lowest BCUT2D eigenvalue weighted by atomic mass is 9.90. The summed E-state index contributed by atoms with van der Waals surface area (Å²) in [5, 5.41) is 18.8. The van der Waals surface area contributed by atoms with Crippen LogP contribution in [0.2, 0.25) is 0 Å². The molecule has 1 aromatic rings. The largest absolute Gasteiger partial charge is 0.481 e. The van der Waals surface area contributed by atoms with E-state index in [1.807, 2.05) is 38.1 Å². The summed E-state index contributed by atoms with van der Waals surface area (Å²) in [5.74, 6) is -0.473. The van der Waals surface area contributed by atoms with E-state index < -0.39 is 11.6 Å². The number of aliphatic carboxylic acids is 1. The summed E-state index contributed by atoms with van der Waals surface area (Å²) in [5.41, 5.74) is 1.41. The Balaban J connectivity index is 1.90. The fourth-order valence-electron chi connectivity index (χ4n) is 2.75. The lowest BCUT2D eigenvalue weighted by Gasteiger charge is -2.25. The van der Waals surface area contributed by atoms with Gasteiger partial charge in [-0.1, -0.05) is 24.3 Å². The van der Waals surface area contributed by atoms with E-state index in [1.54, 1.807) is 0 Å². The first-order chi connectivity index (χ1) is 9.34. The van der Waals surface area contributed by atoms with Crippen LogP contribution in [0.15, 0.2) is 24.3 Å². The van der Waals surface area contributed by atoms with Crippen molar-refractivity contribution in [3.05, 3.63) is 35.4 Å². The van der Waals surface area contributed by atoms with Gasteiger partial charge in [-0.15, -0.1) is 0 Å². The third kappa shape index (κ3) is 4.05. The zero-order chi connectivity index (χ0) is 14.8. The molecule has 4 nitrogen and oxygen atoms in total. The Bertz CT molecular complexity index is 462. The maximum Gasteiger partial charge on any atom is 0.307 e. The van der Waals surface area contributed by atoms with Crippen LogP contribution >= 0.6 is 0 Å². The van der Waals surface area contributed by atoms with Crippen molar-refractivity contribution in [1.29, 1.82) is 0 Å². The van der Waals surface area contributed by atoms with Gasteiger partial charge in [-0.25, -0.2) is 0 Å². The van der Waals surface area contributed by atoms with Crippen LogP contribution < -0.4 is 0 Å². The molecule has 1 heterocycles. The van der Waals surface area contributed by atoms with Gasteiger partial charge < -0.3 is 10.2 Å². The second-order valence-corrected chi connectivity index (χ2v) is 6.26. The number of hydrogen-bond acceptors (Lipinski definition) is 3. The molecule has 1 saturated heterocycles. The normalized spacial score (nSPS) is 20.2. The van der Waals surface area contributed by atoms with Crippen molar-refractivity contribution in [2.45, 2.75) is 38.8 Å². The molecule has 20 heavy (non-hydrogen) atoms. The van der Waals surface area contributed by atoms with Gasteiger partial charge >= 0.3 is 5.97 Å². The molecule has 1 aliphatic rings. The van der Waals surface area contributed by atoms with Gasteiger partial charge in [0, 0.05) is 19.0 Å². The summed E-state index contributed by atoms with van der Waals surface area (Å²) in [4.78, 5) is 13.0. The molecule has 0 amide bonds. The van der Waals surface area contributed by atoms with Gasteiger partial charge in [0.1, 0.15) is 0 Å². The zero-order valence-electron chi connectivity index (χ0n) is 12.2. The van der Waals surface area contributed by atoms with Gasteiger partial charge in [0.25, 0.3) is 0 Å². The molecule has 0 bridgehead atoms. The Hall–Kier alpha value is -1.39. The van der Waals surface area contributed by atoms with E-state index in [1.165, 1.54) is 5.56 Å². The first-order valence-corrected chi connectivity index (χ1v) is 7.09. The van der Waals surface area contributed by atoms with E-state index in [4.69, 9.17) is 5.11 Å². The monoisotopic (exact) mass is 277 g/mol. The van der Waals surface area contributed by atoms with Gasteiger partial charge in [0.05, 0.1) is 12.0 Å². The van der Waals surface area contributed by atoms with Crippen molar-refractivity contribution in [3.63, 3.8) is 0 Å². The van der Waals surface area contributed by atoms with Crippen LogP contribution in [0.1, 0.15) is 31.4 Å². The molecule has 0 spiro atoms. The van der Waals surface area contributed by atoms with E-state index in [2.05, 4.69) is 4.90 Å². The van der Waals surface area contributed by atoms with Crippen molar-refractivity contribution < 1.29 is 15.0 Å². The summed E-state index contributed by atoms with van der Waals surface area (Å²) < 4.78 is 0. The van der Waals surface area contributed by atoms with Crippen LogP contribution in [0, 0.1) is 5.92 Å². The summed E-state index contributed by atoms with van der Waals surface area (Å²) in [6.45, 7) is 6.54. The molecule has 1 aliphatic heterocycles. The Morgan fingerprint density at radius 3 is 2.40 bits per heavy atom. The predicted molar refractivity (Wildman–Crippen MR) is 77.5 cm³/mol. The van der Waals surface area contributed by atoms with Gasteiger partial charge in [-0.2, -0.15) is 0 Å². The van der Waals surface area contributed by atoms with E-state index in [-0.39, 0.29) is 6.42 Å². The summed E-state index contributed by atoms with van der Waals surface area (Å²) in [6.07, 6.45) is 1.10. The summed E-state index contributed by atoms with van der Waals surface area (Å²) >= 11 is 0. The molecule has 4 heteroatoms. The maximum atomic E-state index is 10.6. The van der Waals surface area contributed by atoms with Crippen LogP contribution in [0.4, 0.5) is 0 Å². The molecule has 0 saturated carbocycles. The minimum absolute atomic E-state index is 0.0742. The molecule has 1 fully saturated rings. The second kappa shape index (κ2) is 5.94. The molecule has 0 radical (unpaired) electrons. The van der Waals surface area contributed by atoms with Crippen LogP contribution in [0.5, 0.6) is 0 Å². The zero-order valence-corrected chi connectivity index (χ0v) is 12.2. The standard InChI is InChI=1S/C16H23NO3/c1-16(2,20)14-7-8-17(11-14)10-13-5-3-12(4-6-13)9-15(18)19/h3-6,14,20H,7-11H2,1-2H3,(H,18,19)/t14-/m0/s1. The van der Waals surface area contributed by atoms with Crippen molar-refractivity contribution in [2.24, 2.45) is 5.92 Å². The highest BCUT2D eigenvalue weighted by molar-refractivity contribution is 5.70. The molecular formula is C16H23NO3. The van der Waals surface area contributed by atoms with Crippen molar-refractivity contribution in [1.82, 2.24) is 4.90 Å². The predicted octanol–water partition coefficient (Wildman–Crippen LogP) is 1.91. The lowest BCUT2D eigenvalue weighted by Crippen LogP contribution is -2.33. The van der Waals surface area contributed by atoms with Crippen LogP contribution in [-0.2, 0) is 17.8 Å². The molecule has 0 aromatic heterocycles. The molecule has 0 aliphatic carbocycles. The molecule has 1 aromatic carbocycles. The Morgan fingerprint density at radius 1 is 1.30 bits per heavy atom. The molecule has 0 unspecified atom stereocenters. The molecule has 2 N–H and O–H groups in total. The average Bonchev–Trinajstić information content (AvgIpc) is 2.79. The first-order valence-electron chi connectivity index (χ1n) is 7.09. The van der Waals surface area contributed by atoms with E-state index in [0.29, 0.717) is 5.92 Å².